The van der Waals surface area contributed by atoms with Gasteiger partial charge in [-0.15, -0.1) is 0 Å². The van der Waals surface area contributed by atoms with E-state index in [9.17, 15) is 0 Å². The van der Waals surface area contributed by atoms with E-state index in [2.05, 4.69) is 46.7 Å². The summed E-state index contributed by atoms with van der Waals surface area (Å²) in [4.78, 5) is 2.24. The summed E-state index contributed by atoms with van der Waals surface area (Å²) >= 11 is 0. The van der Waals surface area contributed by atoms with Crippen molar-refractivity contribution in [2.75, 3.05) is 27.8 Å². The molecule has 0 spiro atoms. The first-order valence-corrected chi connectivity index (χ1v) is 4.42. The van der Waals surface area contributed by atoms with Crippen LogP contribution in [0.1, 0.15) is 27.7 Å². The van der Waals surface area contributed by atoms with E-state index in [0.29, 0.717) is 0 Å². The van der Waals surface area contributed by atoms with E-state index in [-0.39, 0.29) is 11.0 Å². The number of ether oxygens (including phenoxy) is 1. The molecule has 0 N–H and O–H groups in total. The maximum absolute atomic E-state index is 5.22. The van der Waals surface area contributed by atoms with Gasteiger partial charge in [0.25, 0.3) is 0 Å². The third-order valence-corrected chi connectivity index (χ3v) is 3.28. The smallest absolute Gasteiger partial charge is 0.0530 e. The first kappa shape index (κ1) is 11.9. The Kier molecular flexibility index (Phi) is 3.73. The SMILES string of the molecule is COCC(C)(C)C(C)(C)N(C)C. The quantitative estimate of drug-likeness (QED) is 0.644. The molecular formula is C10H23NO. The van der Waals surface area contributed by atoms with Gasteiger partial charge in [0, 0.05) is 18.1 Å². The van der Waals surface area contributed by atoms with Crippen molar-refractivity contribution in [1.82, 2.24) is 4.90 Å². The standard InChI is InChI=1S/C10H23NO/c1-9(2,8-12-7)10(3,4)11(5)6/h8H2,1-7H3. The Hall–Kier alpha value is -0.0800. The van der Waals surface area contributed by atoms with Crippen molar-refractivity contribution >= 4 is 0 Å². The van der Waals surface area contributed by atoms with Crippen LogP contribution in [0, 0.1) is 5.41 Å². The lowest BCUT2D eigenvalue weighted by atomic mass is 9.74. The summed E-state index contributed by atoms with van der Waals surface area (Å²) in [5.74, 6) is 0. The van der Waals surface area contributed by atoms with Crippen molar-refractivity contribution in [3.8, 4) is 0 Å². The van der Waals surface area contributed by atoms with Gasteiger partial charge in [-0.1, -0.05) is 13.8 Å². The van der Waals surface area contributed by atoms with Crippen LogP contribution in [-0.2, 0) is 4.74 Å². The van der Waals surface area contributed by atoms with Crippen molar-refractivity contribution < 1.29 is 4.74 Å². The Morgan fingerprint density at radius 3 is 1.75 bits per heavy atom. The molecule has 0 aromatic rings. The van der Waals surface area contributed by atoms with Crippen LogP contribution in [0.5, 0.6) is 0 Å². The van der Waals surface area contributed by atoms with Gasteiger partial charge in [-0.25, -0.2) is 0 Å². The molecule has 0 aliphatic rings. The van der Waals surface area contributed by atoms with Gasteiger partial charge in [-0.3, -0.25) is 0 Å². The van der Waals surface area contributed by atoms with E-state index in [0.717, 1.165) is 6.61 Å². The fourth-order valence-electron chi connectivity index (χ4n) is 1.14. The topological polar surface area (TPSA) is 12.5 Å². The van der Waals surface area contributed by atoms with Gasteiger partial charge in [-0.2, -0.15) is 0 Å². The summed E-state index contributed by atoms with van der Waals surface area (Å²) in [5, 5.41) is 0. The van der Waals surface area contributed by atoms with E-state index >= 15 is 0 Å². The molecule has 0 saturated heterocycles. The largest absolute Gasteiger partial charge is 0.384 e. The molecule has 0 aliphatic heterocycles. The normalized spacial score (nSPS) is 14.0. The minimum Gasteiger partial charge on any atom is -0.384 e. The lowest BCUT2D eigenvalue weighted by Gasteiger charge is -2.46. The maximum Gasteiger partial charge on any atom is 0.0530 e. The molecule has 0 radical (unpaired) electrons. The van der Waals surface area contributed by atoms with Crippen LogP contribution in [0.15, 0.2) is 0 Å². The summed E-state index contributed by atoms with van der Waals surface area (Å²) in [6.07, 6.45) is 0. The van der Waals surface area contributed by atoms with E-state index in [1.54, 1.807) is 7.11 Å². The van der Waals surface area contributed by atoms with Crippen molar-refractivity contribution in [1.29, 1.82) is 0 Å². The van der Waals surface area contributed by atoms with Gasteiger partial charge in [0.1, 0.15) is 0 Å². The van der Waals surface area contributed by atoms with Crippen molar-refractivity contribution in [2.45, 2.75) is 33.2 Å². The van der Waals surface area contributed by atoms with Crippen LogP contribution >= 0.6 is 0 Å². The van der Waals surface area contributed by atoms with Gasteiger partial charge in [0.2, 0.25) is 0 Å². The Balaban J connectivity index is 4.50. The molecule has 0 aromatic heterocycles. The van der Waals surface area contributed by atoms with Crippen LogP contribution in [0.3, 0.4) is 0 Å². The van der Waals surface area contributed by atoms with E-state index in [1.165, 1.54) is 0 Å². The highest BCUT2D eigenvalue weighted by Crippen LogP contribution is 2.34. The predicted molar refractivity (Wildman–Crippen MR) is 53.4 cm³/mol. The number of rotatable bonds is 4. The van der Waals surface area contributed by atoms with Crippen LogP contribution < -0.4 is 0 Å². The van der Waals surface area contributed by atoms with Crippen LogP contribution in [-0.4, -0.2) is 38.3 Å². The average molecular weight is 173 g/mol. The minimum atomic E-state index is 0.156. The lowest BCUT2D eigenvalue weighted by molar-refractivity contribution is -0.0117. The molecule has 2 nitrogen and oxygen atoms in total. The highest BCUT2D eigenvalue weighted by Gasteiger charge is 2.38. The minimum absolute atomic E-state index is 0.156. The van der Waals surface area contributed by atoms with Crippen LogP contribution in [0.25, 0.3) is 0 Å². The molecule has 12 heavy (non-hydrogen) atoms. The fourth-order valence-corrected chi connectivity index (χ4v) is 1.14. The molecule has 0 fully saturated rings. The Morgan fingerprint density at radius 2 is 1.50 bits per heavy atom. The monoisotopic (exact) mass is 173 g/mol. The van der Waals surface area contributed by atoms with E-state index < -0.39 is 0 Å². The van der Waals surface area contributed by atoms with Crippen molar-refractivity contribution in [3.63, 3.8) is 0 Å². The molecule has 0 heterocycles. The molecule has 0 aromatic carbocycles. The molecular weight excluding hydrogens is 150 g/mol. The number of methoxy groups -OCH3 is 1. The summed E-state index contributed by atoms with van der Waals surface area (Å²) in [6, 6.07) is 0. The second kappa shape index (κ2) is 3.75. The molecule has 2 heteroatoms. The predicted octanol–water partition coefficient (Wildman–Crippen LogP) is 2.00. The second-order valence-corrected chi connectivity index (χ2v) is 4.77. The van der Waals surface area contributed by atoms with Gasteiger partial charge in [0.05, 0.1) is 6.61 Å². The summed E-state index contributed by atoms with van der Waals surface area (Å²) in [5.41, 5.74) is 0.328. The lowest BCUT2D eigenvalue weighted by Crippen LogP contribution is -2.52. The van der Waals surface area contributed by atoms with Gasteiger partial charge in [0.15, 0.2) is 0 Å². The third-order valence-electron chi connectivity index (χ3n) is 3.28. The highest BCUT2D eigenvalue weighted by atomic mass is 16.5. The number of nitrogens with zero attached hydrogens (tertiary/aromatic N) is 1. The summed E-state index contributed by atoms with van der Waals surface area (Å²) in [7, 11) is 5.97. The number of hydrogen-bond donors (Lipinski definition) is 0. The Labute approximate surface area is 76.9 Å². The summed E-state index contributed by atoms with van der Waals surface area (Å²) < 4.78 is 5.22. The highest BCUT2D eigenvalue weighted by molar-refractivity contribution is 4.92. The zero-order valence-electron chi connectivity index (χ0n) is 9.56. The second-order valence-electron chi connectivity index (χ2n) is 4.77. The van der Waals surface area contributed by atoms with Gasteiger partial charge >= 0.3 is 0 Å². The maximum atomic E-state index is 5.22. The third kappa shape index (κ3) is 2.20. The van der Waals surface area contributed by atoms with Crippen molar-refractivity contribution in [2.24, 2.45) is 5.41 Å². The molecule has 0 rings (SSSR count). The zero-order valence-corrected chi connectivity index (χ0v) is 9.56. The van der Waals surface area contributed by atoms with Crippen molar-refractivity contribution in [3.05, 3.63) is 0 Å². The van der Waals surface area contributed by atoms with E-state index in [1.807, 2.05) is 0 Å². The van der Waals surface area contributed by atoms with Gasteiger partial charge < -0.3 is 9.64 Å². The molecule has 0 bridgehead atoms. The first-order chi connectivity index (χ1) is 5.25. The Bertz CT molecular complexity index is 139. The number of hydrogen-bond acceptors (Lipinski definition) is 2. The van der Waals surface area contributed by atoms with Gasteiger partial charge in [-0.05, 0) is 27.9 Å². The molecule has 0 saturated carbocycles. The summed E-state index contributed by atoms with van der Waals surface area (Å²) in [6.45, 7) is 9.74. The van der Waals surface area contributed by atoms with Crippen LogP contribution in [0.2, 0.25) is 0 Å². The van der Waals surface area contributed by atoms with E-state index in [4.69, 9.17) is 4.74 Å². The molecule has 0 atom stereocenters. The average Bonchev–Trinajstić information content (AvgIpc) is 1.86. The molecule has 0 aliphatic carbocycles. The Morgan fingerprint density at radius 1 is 1.08 bits per heavy atom. The first-order valence-electron chi connectivity index (χ1n) is 4.42. The fraction of sp³-hybridized carbons (Fsp3) is 1.00. The molecule has 0 amide bonds. The van der Waals surface area contributed by atoms with Crippen LogP contribution in [0.4, 0.5) is 0 Å². The zero-order chi connectivity index (χ0) is 9.99. The molecule has 74 valence electrons. The molecule has 0 unspecified atom stereocenters.